The molecule has 1 atom stereocenters. The maximum atomic E-state index is 12.3. The van der Waals surface area contributed by atoms with Gasteiger partial charge in [0.1, 0.15) is 5.25 Å². The quantitative estimate of drug-likeness (QED) is 0.708. The van der Waals surface area contributed by atoms with Crippen LogP contribution < -0.4 is 16.1 Å². The van der Waals surface area contributed by atoms with E-state index in [-0.39, 0.29) is 18.2 Å². The first-order valence-electron chi connectivity index (χ1n) is 8.25. The highest BCUT2D eigenvalue weighted by molar-refractivity contribution is 8.15. The summed E-state index contributed by atoms with van der Waals surface area (Å²) in [7, 11) is 0. The van der Waals surface area contributed by atoms with Gasteiger partial charge < -0.3 is 10.6 Å². The number of carbonyl (C=O) groups excluding carboxylic acids is 2. The van der Waals surface area contributed by atoms with Crippen molar-refractivity contribution in [3.8, 4) is 0 Å². The van der Waals surface area contributed by atoms with E-state index in [0.29, 0.717) is 5.17 Å². The number of nitrogens with zero attached hydrogens (tertiary/aromatic N) is 1. The van der Waals surface area contributed by atoms with Crippen molar-refractivity contribution in [2.75, 3.05) is 10.7 Å². The van der Waals surface area contributed by atoms with Crippen LogP contribution in [-0.2, 0) is 9.59 Å². The van der Waals surface area contributed by atoms with Gasteiger partial charge in [0.25, 0.3) is 0 Å². The Balaban J connectivity index is 1.58. The summed E-state index contributed by atoms with van der Waals surface area (Å²) in [6, 6.07) is 15.3. The number of para-hydroxylation sites is 2. The van der Waals surface area contributed by atoms with Crippen molar-refractivity contribution in [2.24, 2.45) is 5.10 Å². The number of nitrogens with one attached hydrogen (secondary N) is 3. The minimum atomic E-state index is -0.490. The van der Waals surface area contributed by atoms with Gasteiger partial charge in [-0.1, -0.05) is 48.2 Å². The molecule has 3 rings (SSSR count). The zero-order valence-electron chi connectivity index (χ0n) is 14.6. The monoisotopic (exact) mass is 368 g/mol. The molecule has 2 aromatic rings. The summed E-state index contributed by atoms with van der Waals surface area (Å²) < 4.78 is 0. The number of hydrogen-bond acceptors (Lipinski definition) is 5. The van der Waals surface area contributed by atoms with Crippen LogP contribution in [0.5, 0.6) is 0 Å². The fourth-order valence-corrected chi connectivity index (χ4v) is 3.52. The highest BCUT2D eigenvalue weighted by Crippen LogP contribution is 2.25. The molecule has 6 nitrogen and oxygen atoms in total. The highest BCUT2D eigenvalue weighted by Gasteiger charge is 2.32. The molecule has 1 saturated heterocycles. The van der Waals surface area contributed by atoms with Crippen LogP contribution in [0.25, 0.3) is 0 Å². The van der Waals surface area contributed by atoms with Gasteiger partial charge in [0, 0.05) is 12.1 Å². The van der Waals surface area contributed by atoms with Crippen LogP contribution in [0.2, 0.25) is 0 Å². The molecule has 0 saturated carbocycles. The van der Waals surface area contributed by atoms with Crippen molar-refractivity contribution in [2.45, 2.75) is 25.5 Å². The molecule has 0 aliphatic carbocycles. The summed E-state index contributed by atoms with van der Waals surface area (Å²) in [5.74, 6) is -0.396. The number of amidine groups is 1. The molecular formula is C19H20N4O2S. The number of hydrazone groups is 1. The van der Waals surface area contributed by atoms with Crippen LogP contribution in [0.15, 0.2) is 53.6 Å². The topological polar surface area (TPSA) is 82.6 Å². The number of amides is 2. The Morgan fingerprint density at radius 3 is 2.50 bits per heavy atom. The lowest BCUT2D eigenvalue weighted by Gasteiger charge is -2.12. The average molecular weight is 368 g/mol. The highest BCUT2D eigenvalue weighted by atomic mass is 32.2. The summed E-state index contributed by atoms with van der Waals surface area (Å²) in [5, 5.41) is 9.76. The molecule has 2 amide bonds. The van der Waals surface area contributed by atoms with Crippen LogP contribution in [0.1, 0.15) is 17.5 Å². The lowest BCUT2D eigenvalue weighted by molar-refractivity contribution is -0.122. The Hall–Kier alpha value is -2.80. The van der Waals surface area contributed by atoms with E-state index in [1.54, 1.807) is 0 Å². The van der Waals surface area contributed by atoms with E-state index in [2.05, 4.69) is 21.2 Å². The first-order chi connectivity index (χ1) is 12.5. The largest absolute Gasteiger partial charge is 0.326 e. The Morgan fingerprint density at radius 1 is 1.12 bits per heavy atom. The number of carbonyl (C=O) groups is 2. The minimum Gasteiger partial charge on any atom is -0.326 e. The molecule has 26 heavy (non-hydrogen) atoms. The van der Waals surface area contributed by atoms with Crippen LogP contribution in [0.3, 0.4) is 0 Å². The number of hydrogen-bond donors (Lipinski definition) is 3. The van der Waals surface area contributed by atoms with Crippen molar-refractivity contribution in [3.63, 3.8) is 0 Å². The summed E-state index contributed by atoms with van der Waals surface area (Å²) in [4.78, 5) is 24.4. The van der Waals surface area contributed by atoms with Gasteiger partial charge in [-0.3, -0.25) is 15.0 Å². The van der Waals surface area contributed by atoms with Crippen molar-refractivity contribution in [1.82, 2.24) is 5.32 Å². The molecular weight excluding hydrogens is 348 g/mol. The van der Waals surface area contributed by atoms with Gasteiger partial charge in [0.15, 0.2) is 5.17 Å². The van der Waals surface area contributed by atoms with E-state index in [9.17, 15) is 9.59 Å². The fraction of sp³-hybridized carbons (Fsp3) is 0.211. The molecule has 0 radical (unpaired) electrons. The molecule has 1 aliphatic rings. The molecule has 7 heteroatoms. The summed E-state index contributed by atoms with van der Waals surface area (Å²) >= 11 is 1.25. The number of rotatable bonds is 5. The third kappa shape index (κ3) is 4.43. The first-order valence-corrected chi connectivity index (χ1v) is 9.13. The smallest absolute Gasteiger partial charge is 0.240 e. The minimum absolute atomic E-state index is 0.0919. The van der Waals surface area contributed by atoms with E-state index in [1.165, 1.54) is 11.8 Å². The van der Waals surface area contributed by atoms with Gasteiger partial charge in [0.2, 0.25) is 11.8 Å². The Kier molecular flexibility index (Phi) is 5.58. The Labute approximate surface area is 156 Å². The maximum absolute atomic E-state index is 12.3. The zero-order valence-corrected chi connectivity index (χ0v) is 15.4. The zero-order chi connectivity index (χ0) is 18.5. The van der Waals surface area contributed by atoms with E-state index < -0.39 is 5.25 Å². The van der Waals surface area contributed by atoms with Crippen molar-refractivity contribution >= 4 is 40.1 Å². The molecule has 0 unspecified atom stereocenters. The van der Waals surface area contributed by atoms with Crippen molar-refractivity contribution < 1.29 is 9.59 Å². The van der Waals surface area contributed by atoms with E-state index in [4.69, 9.17) is 0 Å². The molecule has 1 fully saturated rings. The van der Waals surface area contributed by atoms with E-state index in [1.807, 2.05) is 62.4 Å². The second kappa shape index (κ2) is 8.05. The predicted octanol–water partition coefficient (Wildman–Crippen LogP) is 3.25. The molecule has 134 valence electrons. The third-order valence-electron chi connectivity index (χ3n) is 3.95. The summed E-state index contributed by atoms with van der Waals surface area (Å²) in [5.41, 5.74) is 6.51. The van der Waals surface area contributed by atoms with Crippen LogP contribution >= 0.6 is 11.8 Å². The Morgan fingerprint density at radius 2 is 1.81 bits per heavy atom. The standard InChI is InChI=1S/C19H20N4O2S/c1-12-7-6-8-13(2)17(12)20-16(24)11-15-18(25)21-19(26-15)23-22-14-9-4-3-5-10-14/h3-10,15,22H,11H2,1-2H3,(H,20,24)(H,21,23,25)/t15-/m0/s1. The van der Waals surface area contributed by atoms with Crippen LogP contribution in [0.4, 0.5) is 11.4 Å². The van der Waals surface area contributed by atoms with Gasteiger partial charge in [-0.05, 0) is 37.1 Å². The van der Waals surface area contributed by atoms with Gasteiger partial charge in [0.05, 0.1) is 5.69 Å². The molecule has 2 aromatic carbocycles. The third-order valence-corrected chi connectivity index (χ3v) is 5.03. The Bertz CT molecular complexity index is 832. The summed E-state index contributed by atoms with van der Waals surface area (Å²) in [6.45, 7) is 3.89. The summed E-state index contributed by atoms with van der Waals surface area (Å²) in [6.07, 6.45) is 0.0919. The lowest BCUT2D eigenvalue weighted by Crippen LogP contribution is -2.28. The second-order valence-corrected chi connectivity index (χ2v) is 7.20. The normalized spacial score (nSPS) is 17.8. The van der Waals surface area contributed by atoms with Crippen molar-refractivity contribution in [1.29, 1.82) is 0 Å². The van der Waals surface area contributed by atoms with Gasteiger partial charge >= 0.3 is 0 Å². The van der Waals surface area contributed by atoms with Gasteiger partial charge in [-0.25, -0.2) is 0 Å². The number of anilines is 2. The lowest BCUT2D eigenvalue weighted by atomic mass is 10.1. The van der Waals surface area contributed by atoms with E-state index in [0.717, 1.165) is 22.5 Å². The van der Waals surface area contributed by atoms with Crippen LogP contribution in [0, 0.1) is 13.8 Å². The molecule has 0 spiro atoms. The van der Waals surface area contributed by atoms with Gasteiger partial charge in [-0.15, -0.1) is 5.10 Å². The SMILES string of the molecule is Cc1cccc(C)c1NC(=O)C[C@@H]1S/C(=N/Nc2ccccc2)NC1=O. The van der Waals surface area contributed by atoms with Gasteiger partial charge in [-0.2, -0.15) is 0 Å². The molecule has 1 aliphatic heterocycles. The maximum Gasteiger partial charge on any atom is 0.240 e. The first kappa shape index (κ1) is 18.0. The molecule has 3 N–H and O–H groups in total. The average Bonchev–Trinajstić information content (AvgIpc) is 2.97. The van der Waals surface area contributed by atoms with Crippen molar-refractivity contribution in [3.05, 3.63) is 59.7 Å². The fourth-order valence-electron chi connectivity index (χ4n) is 2.59. The molecule has 0 bridgehead atoms. The second-order valence-electron chi connectivity index (χ2n) is 6.01. The molecule has 0 aromatic heterocycles. The number of benzene rings is 2. The molecule has 1 heterocycles. The van der Waals surface area contributed by atoms with Crippen LogP contribution in [-0.4, -0.2) is 22.2 Å². The number of aryl methyl sites for hydroxylation is 2. The number of thioether (sulfide) groups is 1. The predicted molar refractivity (Wildman–Crippen MR) is 106 cm³/mol. The van der Waals surface area contributed by atoms with E-state index >= 15 is 0 Å².